The van der Waals surface area contributed by atoms with Gasteiger partial charge in [0, 0.05) is 6.08 Å². The number of hydrogen-bond acceptors (Lipinski definition) is 7. The number of carbonyl (C=O) groups excluding carboxylic acids is 1. The van der Waals surface area contributed by atoms with Crippen LogP contribution in [0.2, 0.25) is 0 Å². The van der Waals surface area contributed by atoms with Gasteiger partial charge in [0.25, 0.3) is 0 Å². The third kappa shape index (κ3) is 4.12. The maximum Gasteiger partial charge on any atom is 0.331 e. The van der Waals surface area contributed by atoms with Gasteiger partial charge in [-0.05, 0) is 34.6 Å². The summed E-state index contributed by atoms with van der Waals surface area (Å²) in [6.07, 6.45) is 3.92. The van der Waals surface area contributed by atoms with Gasteiger partial charge in [-0.3, -0.25) is 0 Å². The van der Waals surface area contributed by atoms with Crippen LogP contribution in [0, 0.1) is 0 Å². The topological polar surface area (TPSA) is 72.5 Å². The Bertz CT molecular complexity index is 566. The van der Waals surface area contributed by atoms with E-state index in [9.17, 15) is 4.79 Å². The first kappa shape index (κ1) is 18.5. The number of ether oxygens (including phenoxy) is 6. The summed E-state index contributed by atoms with van der Waals surface area (Å²) in [5, 5.41) is 0. The van der Waals surface area contributed by atoms with E-state index < -0.39 is 42.1 Å². The number of allylic oxidation sites excluding steroid dienone is 3. The Hall–Kier alpha value is -1.25. The van der Waals surface area contributed by atoms with Gasteiger partial charge in [0.2, 0.25) is 0 Å². The van der Waals surface area contributed by atoms with E-state index in [1.807, 2.05) is 26.8 Å². The van der Waals surface area contributed by atoms with Crippen molar-refractivity contribution in [1.29, 1.82) is 0 Å². The summed E-state index contributed by atoms with van der Waals surface area (Å²) in [6.45, 7) is 9.48. The third-order valence-electron chi connectivity index (χ3n) is 4.21. The third-order valence-corrected chi connectivity index (χ3v) is 4.21. The standard InChI is InChI=1S/C18H26O7/c1-6-7-8-9-12(19)21-14-13(11-10-20-17(2,3)23-11)22-16-15(14)24-18(4,5)25-16/h6-9,11,13-16H,10H2,1-5H3/b7-6+,9-8+/t11-,13-,14+,15-,16-/m1/s1. The summed E-state index contributed by atoms with van der Waals surface area (Å²) < 4.78 is 34.8. The van der Waals surface area contributed by atoms with Gasteiger partial charge in [-0.2, -0.15) is 0 Å². The molecule has 0 N–H and O–H groups in total. The van der Waals surface area contributed by atoms with E-state index in [1.165, 1.54) is 6.08 Å². The first-order valence-corrected chi connectivity index (χ1v) is 8.54. The van der Waals surface area contributed by atoms with Crippen molar-refractivity contribution in [3.05, 3.63) is 24.3 Å². The summed E-state index contributed by atoms with van der Waals surface area (Å²) >= 11 is 0. The summed E-state index contributed by atoms with van der Waals surface area (Å²) in [6, 6.07) is 0. The van der Waals surface area contributed by atoms with Crippen molar-refractivity contribution in [1.82, 2.24) is 0 Å². The van der Waals surface area contributed by atoms with E-state index in [0.717, 1.165) is 0 Å². The van der Waals surface area contributed by atoms with Crippen LogP contribution < -0.4 is 0 Å². The van der Waals surface area contributed by atoms with Crippen molar-refractivity contribution in [3.8, 4) is 0 Å². The molecule has 0 amide bonds. The van der Waals surface area contributed by atoms with E-state index in [0.29, 0.717) is 6.61 Å². The highest BCUT2D eigenvalue weighted by Gasteiger charge is 2.59. The maximum atomic E-state index is 12.1. The molecule has 3 rings (SSSR count). The molecule has 0 aromatic heterocycles. The molecule has 3 aliphatic heterocycles. The van der Waals surface area contributed by atoms with Crippen molar-refractivity contribution in [2.45, 2.75) is 76.9 Å². The lowest BCUT2D eigenvalue weighted by atomic mass is 10.1. The Morgan fingerprint density at radius 3 is 2.44 bits per heavy atom. The monoisotopic (exact) mass is 354 g/mol. The molecule has 25 heavy (non-hydrogen) atoms. The maximum absolute atomic E-state index is 12.1. The molecule has 3 fully saturated rings. The van der Waals surface area contributed by atoms with Gasteiger partial charge >= 0.3 is 5.97 Å². The lowest BCUT2D eigenvalue weighted by Crippen LogP contribution is -2.45. The summed E-state index contributed by atoms with van der Waals surface area (Å²) in [4.78, 5) is 12.1. The van der Waals surface area contributed by atoms with E-state index in [2.05, 4.69) is 0 Å². The van der Waals surface area contributed by atoms with Crippen LogP contribution in [-0.4, -0.2) is 54.9 Å². The van der Waals surface area contributed by atoms with Crippen LogP contribution in [0.1, 0.15) is 34.6 Å². The highest BCUT2D eigenvalue weighted by molar-refractivity contribution is 5.82. The van der Waals surface area contributed by atoms with Crippen molar-refractivity contribution in [3.63, 3.8) is 0 Å². The van der Waals surface area contributed by atoms with E-state index >= 15 is 0 Å². The van der Waals surface area contributed by atoms with Crippen molar-refractivity contribution < 1.29 is 33.2 Å². The number of rotatable bonds is 4. The summed E-state index contributed by atoms with van der Waals surface area (Å²) in [5.41, 5.74) is 0. The zero-order valence-corrected chi connectivity index (χ0v) is 15.3. The number of fused-ring (bicyclic) bond motifs is 1. The Morgan fingerprint density at radius 1 is 1.04 bits per heavy atom. The normalized spacial score (nSPS) is 39.3. The van der Waals surface area contributed by atoms with Crippen LogP contribution in [0.3, 0.4) is 0 Å². The molecule has 0 spiro atoms. The van der Waals surface area contributed by atoms with Crippen LogP contribution in [0.4, 0.5) is 0 Å². The van der Waals surface area contributed by atoms with Crippen LogP contribution >= 0.6 is 0 Å². The van der Waals surface area contributed by atoms with Gasteiger partial charge in [-0.1, -0.05) is 18.2 Å². The summed E-state index contributed by atoms with van der Waals surface area (Å²) in [7, 11) is 0. The zero-order chi connectivity index (χ0) is 18.2. The molecule has 3 aliphatic rings. The SMILES string of the molecule is C/C=C/C=C/C(=O)O[C@@H]1[C@H]2OC(C)(C)O[C@H]2O[C@@H]1[C@H]1COC(C)(C)O1. The molecule has 0 unspecified atom stereocenters. The largest absolute Gasteiger partial charge is 0.453 e. The van der Waals surface area contributed by atoms with Crippen LogP contribution in [-0.2, 0) is 33.2 Å². The predicted molar refractivity (Wildman–Crippen MR) is 87.4 cm³/mol. The predicted octanol–water partition coefficient (Wildman–Crippen LogP) is 2.06. The highest BCUT2D eigenvalue weighted by atomic mass is 16.8. The second-order valence-electron chi connectivity index (χ2n) is 7.22. The minimum Gasteiger partial charge on any atom is -0.453 e. The van der Waals surface area contributed by atoms with Gasteiger partial charge < -0.3 is 28.4 Å². The number of carbonyl (C=O) groups is 1. The van der Waals surface area contributed by atoms with Crippen molar-refractivity contribution in [2.24, 2.45) is 0 Å². The fourth-order valence-corrected chi connectivity index (χ4v) is 3.23. The van der Waals surface area contributed by atoms with Crippen LogP contribution in [0.15, 0.2) is 24.3 Å². The molecule has 0 aliphatic carbocycles. The molecule has 3 saturated heterocycles. The molecule has 5 atom stereocenters. The number of esters is 1. The average Bonchev–Trinajstić information content (AvgIpc) is 3.10. The average molecular weight is 354 g/mol. The molecule has 7 heteroatoms. The zero-order valence-electron chi connectivity index (χ0n) is 15.3. The molecule has 140 valence electrons. The lowest BCUT2D eigenvalue weighted by Gasteiger charge is -2.28. The molecule has 0 saturated carbocycles. The molecule has 0 radical (unpaired) electrons. The minimum atomic E-state index is -0.794. The Kier molecular flexibility index (Phi) is 5.05. The Morgan fingerprint density at radius 2 is 1.80 bits per heavy atom. The lowest BCUT2D eigenvalue weighted by molar-refractivity contribution is -0.234. The van der Waals surface area contributed by atoms with E-state index in [4.69, 9.17) is 28.4 Å². The molecule has 7 nitrogen and oxygen atoms in total. The van der Waals surface area contributed by atoms with Crippen molar-refractivity contribution >= 4 is 5.97 Å². The first-order chi connectivity index (χ1) is 11.7. The smallest absolute Gasteiger partial charge is 0.331 e. The fraction of sp³-hybridized carbons (Fsp3) is 0.722. The second kappa shape index (κ2) is 6.81. The fourth-order valence-electron chi connectivity index (χ4n) is 3.23. The first-order valence-electron chi connectivity index (χ1n) is 8.54. The van der Waals surface area contributed by atoms with Gasteiger partial charge in [0.15, 0.2) is 30.1 Å². The van der Waals surface area contributed by atoms with Gasteiger partial charge in [0.1, 0.15) is 12.2 Å². The second-order valence-corrected chi connectivity index (χ2v) is 7.22. The minimum absolute atomic E-state index is 0.350. The molecular formula is C18H26O7. The highest BCUT2D eigenvalue weighted by Crippen LogP contribution is 2.41. The van der Waals surface area contributed by atoms with E-state index in [-0.39, 0.29) is 6.10 Å². The number of hydrogen-bond donors (Lipinski definition) is 0. The molecule has 0 bridgehead atoms. The summed E-state index contributed by atoms with van der Waals surface area (Å²) in [5.74, 6) is -1.96. The Balaban J connectivity index is 1.74. The quantitative estimate of drug-likeness (QED) is 0.435. The van der Waals surface area contributed by atoms with Gasteiger partial charge in [-0.25, -0.2) is 4.79 Å². The van der Waals surface area contributed by atoms with Crippen LogP contribution in [0.5, 0.6) is 0 Å². The van der Waals surface area contributed by atoms with Gasteiger partial charge in [0.05, 0.1) is 6.61 Å². The van der Waals surface area contributed by atoms with Crippen LogP contribution in [0.25, 0.3) is 0 Å². The van der Waals surface area contributed by atoms with E-state index in [1.54, 1.807) is 26.0 Å². The van der Waals surface area contributed by atoms with Crippen molar-refractivity contribution in [2.75, 3.05) is 6.61 Å². The molecule has 3 heterocycles. The molecule has 0 aromatic rings. The molecular weight excluding hydrogens is 328 g/mol. The Labute approximate surface area is 147 Å². The van der Waals surface area contributed by atoms with Gasteiger partial charge in [-0.15, -0.1) is 0 Å². The molecule has 0 aromatic carbocycles.